The molecule has 0 bridgehead atoms. The van der Waals surface area contributed by atoms with Gasteiger partial charge in [0.2, 0.25) is 0 Å². The van der Waals surface area contributed by atoms with Gasteiger partial charge in [-0.1, -0.05) is 62.2 Å². The van der Waals surface area contributed by atoms with Crippen LogP contribution in [0.3, 0.4) is 0 Å². The lowest BCUT2D eigenvalue weighted by molar-refractivity contribution is -0.117. The van der Waals surface area contributed by atoms with E-state index in [2.05, 4.69) is 12.2 Å². The van der Waals surface area contributed by atoms with Crippen LogP contribution in [0.25, 0.3) is 6.08 Å². The van der Waals surface area contributed by atoms with Crippen molar-refractivity contribution >= 4 is 23.6 Å². The molecule has 0 aromatic heterocycles. The molecule has 3 aromatic carbocycles. The van der Waals surface area contributed by atoms with Gasteiger partial charge in [-0.3, -0.25) is 14.5 Å². The van der Waals surface area contributed by atoms with Gasteiger partial charge in [0.1, 0.15) is 5.82 Å². The number of carbonyl (C=O) groups excluding carboxylic acids is 2. The molecule has 2 atom stereocenters. The standard InChI is InChI=1S/C30H29FN2O3/c1-20-8-2-5-11-25(20)32-29(34)22-16-14-21(15-17-22)18-28-30(35)33(19-23-9-3-4-10-24(23)31)26-12-6-7-13-27(26)36-28/h3-4,6-7,9-10,12-18,20,25H,2,5,8,11,19H2,1H3,(H,32,34)/b28-18-/t20-,25-/m1/s1. The predicted molar refractivity (Wildman–Crippen MR) is 138 cm³/mol. The number of hydrogen-bond acceptors (Lipinski definition) is 3. The van der Waals surface area contributed by atoms with E-state index in [0.29, 0.717) is 28.5 Å². The number of hydrogen-bond donors (Lipinski definition) is 1. The number of benzene rings is 3. The molecule has 0 radical (unpaired) electrons. The van der Waals surface area contributed by atoms with Crippen LogP contribution in [0.2, 0.25) is 0 Å². The van der Waals surface area contributed by atoms with Crippen molar-refractivity contribution in [1.29, 1.82) is 0 Å². The highest BCUT2D eigenvalue weighted by Gasteiger charge is 2.31. The zero-order chi connectivity index (χ0) is 25.1. The molecule has 0 spiro atoms. The molecule has 5 nitrogen and oxygen atoms in total. The Balaban J connectivity index is 1.36. The molecule has 2 amide bonds. The van der Waals surface area contributed by atoms with Crippen molar-refractivity contribution in [3.05, 3.63) is 101 Å². The van der Waals surface area contributed by atoms with Crippen molar-refractivity contribution in [3.8, 4) is 5.75 Å². The minimum atomic E-state index is -0.365. The van der Waals surface area contributed by atoms with Crippen LogP contribution in [-0.4, -0.2) is 17.9 Å². The van der Waals surface area contributed by atoms with Crippen LogP contribution >= 0.6 is 0 Å². The summed E-state index contributed by atoms with van der Waals surface area (Å²) in [7, 11) is 0. The third-order valence-electron chi connectivity index (χ3n) is 7.02. The molecule has 0 unspecified atom stereocenters. The molecular weight excluding hydrogens is 455 g/mol. The Kier molecular flexibility index (Phi) is 6.85. The van der Waals surface area contributed by atoms with Crippen LogP contribution in [-0.2, 0) is 11.3 Å². The number of amides is 2. The third-order valence-corrected chi connectivity index (χ3v) is 7.02. The maximum absolute atomic E-state index is 14.3. The first-order valence-corrected chi connectivity index (χ1v) is 12.4. The Labute approximate surface area is 210 Å². The summed E-state index contributed by atoms with van der Waals surface area (Å²) in [4.78, 5) is 27.7. The van der Waals surface area contributed by atoms with Gasteiger partial charge in [-0.05, 0) is 60.7 Å². The van der Waals surface area contributed by atoms with Gasteiger partial charge >= 0.3 is 0 Å². The van der Waals surface area contributed by atoms with Crippen LogP contribution in [0.5, 0.6) is 5.75 Å². The first-order valence-electron chi connectivity index (χ1n) is 12.4. The molecule has 0 saturated heterocycles. The summed E-state index contributed by atoms with van der Waals surface area (Å²) < 4.78 is 20.3. The average molecular weight is 485 g/mol. The number of halogens is 1. The Bertz CT molecular complexity index is 1300. The fourth-order valence-electron chi connectivity index (χ4n) is 4.88. The Morgan fingerprint density at radius 2 is 1.75 bits per heavy atom. The first kappa shape index (κ1) is 23.8. The second kappa shape index (κ2) is 10.4. The van der Waals surface area contributed by atoms with E-state index < -0.39 is 0 Å². The summed E-state index contributed by atoms with van der Waals surface area (Å²) in [5, 5.41) is 3.17. The molecule has 3 aromatic rings. The number of carbonyl (C=O) groups is 2. The van der Waals surface area contributed by atoms with Crippen molar-refractivity contribution in [3.63, 3.8) is 0 Å². The van der Waals surface area contributed by atoms with Gasteiger partial charge < -0.3 is 10.1 Å². The lowest BCUT2D eigenvalue weighted by Crippen LogP contribution is -2.41. The second-order valence-corrected chi connectivity index (χ2v) is 9.52. The Hall–Kier alpha value is -3.93. The highest BCUT2D eigenvalue weighted by Crippen LogP contribution is 2.36. The van der Waals surface area contributed by atoms with Crippen molar-refractivity contribution in [2.75, 3.05) is 4.90 Å². The number of ether oxygens (including phenoxy) is 1. The molecule has 1 saturated carbocycles. The van der Waals surface area contributed by atoms with Gasteiger partial charge in [0, 0.05) is 17.2 Å². The largest absolute Gasteiger partial charge is 0.449 e. The van der Waals surface area contributed by atoms with Crippen molar-refractivity contribution in [2.45, 2.75) is 45.2 Å². The lowest BCUT2D eigenvalue weighted by atomic mass is 9.86. The maximum Gasteiger partial charge on any atom is 0.294 e. The first-order chi connectivity index (χ1) is 17.5. The highest BCUT2D eigenvalue weighted by molar-refractivity contribution is 6.09. The Morgan fingerprint density at radius 1 is 1.03 bits per heavy atom. The minimum Gasteiger partial charge on any atom is -0.449 e. The fourth-order valence-corrected chi connectivity index (χ4v) is 4.88. The monoisotopic (exact) mass is 484 g/mol. The normalized spacial score (nSPS) is 20.6. The minimum absolute atomic E-state index is 0.0806. The summed E-state index contributed by atoms with van der Waals surface area (Å²) in [6.07, 6.45) is 6.17. The van der Waals surface area contributed by atoms with Crippen molar-refractivity contribution in [1.82, 2.24) is 5.32 Å². The van der Waals surface area contributed by atoms with E-state index in [1.165, 1.54) is 17.4 Å². The smallest absolute Gasteiger partial charge is 0.294 e. The summed E-state index contributed by atoms with van der Waals surface area (Å²) in [6, 6.07) is 21.0. The molecule has 5 rings (SSSR count). The molecule has 6 heteroatoms. The third kappa shape index (κ3) is 5.03. The van der Waals surface area contributed by atoms with Crippen LogP contribution < -0.4 is 15.0 Å². The number of nitrogens with zero attached hydrogens (tertiary/aromatic N) is 1. The molecule has 1 aliphatic heterocycles. The van der Waals surface area contributed by atoms with Gasteiger partial charge in [-0.15, -0.1) is 0 Å². The maximum atomic E-state index is 14.3. The zero-order valence-electron chi connectivity index (χ0n) is 20.2. The predicted octanol–water partition coefficient (Wildman–Crippen LogP) is 6.10. The highest BCUT2D eigenvalue weighted by atomic mass is 19.1. The number of rotatable bonds is 5. The van der Waals surface area contributed by atoms with E-state index in [-0.39, 0.29) is 36.0 Å². The Morgan fingerprint density at radius 3 is 2.53 bits per heavy atom. The van der Waals surface area contributed by atoms with Crippen LogP contribution in [0.4, 0.5) is 10.1 Å². The van der Waals surface area contributed by atoms with Gasteiger partial charge in [-0.25, -0.2) is 4.39 Å². The summed E-state index contributed by atoms with van der Waals surface area (Å²) in [5.41, 5.74) is 2.32. The number of nitrogens with one attached hydrogen (secondary N) is 1. The number of para-hydroxylation sites is 2. The van der Waals surface area contributed by atoms with E-state index in [1.807, 2.05) is 12.1 Å². The molecule has 184 valence electrons. The van der Waals surface area contributed by atoms with Crippen LogP contribution in [0, 0.1) is 11.7 Å². The van der Waals surface area contributed by atoms with Gasteiger partial charge in [0.05, 0.1) is 12.2 Å². The molecule has 1 N–H and O–H groups in total. The van der Waals surface area contributed by atoms with Crippen LogP contribution in [0.1, 0.15) is 54.1 Å². The van der Waals surface area contributed by atoms with Gasteiger partial charge in [0.15, 0.2) is 11.5 Å². The quantitative estimate of drug-likeness (QED) is 0.445. The number of fused-ring (bicyclic) bond motifs is 1. The van der Waals surface area contributed by atoms with E-state index in [9.17, 15) is 14.0 Å². The van der Waals surface area contributed by atoms with E-state index in [0.717, 1.165) is 24.8 Å². The fraction of sp³-hybridized carbons (Fsp3) is 0.267. The molecule has 1 aliphatic carbocycles. The lowest BCUT2D eigenvalue weighted by Gasteiger charge is -2.30. The van der Waals surface area contributed by atoms with Crippen LogP contribution in [0.15, 0.2) is 78.6 Å². The van der Waals surface area contributed by atoms with Gasteiger partial charge in [-0.2, -0.15) is 0 Å². The molecule has 1 heterocycles. The van der Waals surface area contributed by atoms with E-state index in [4.69, 9.17) is 4.74 Å². The van der Waals surface area contributed by atoms with Crippen molar-refractivity contribution in [2.24, 2.45) is 5.92 Å². The summed E-state index contributed by atoms with van der Waals surface area (Å²) >= 11 is 0. The van der Waals surface area contributed by atoms with E-state index in [1.54, 1.807) is 60.7 Å². The second-order valence-electron chi connectivity index (χ2n) is 9.52. The number of anilines is 1. The SMILES string of the molecule is C[C@@H]1CCCC[C@H]1NC(=O)c1ccc(/C=C2\Oc3ccccc3N(Cc3ccccc3F)C2=O)cc1. The molecule has 1 fully saturated rings. The molecule has 36 heavy (non-hydrogen) atoms. The zero-order valence-corrected chi connectivity index (χ0v) is 20.2. The van der Waals surface area contributed by atoms with E-state index >= 15 is 0 Å². The van der Waals surface area contributed by atoms with Crippen molar-refractivity contribution < 1.29 is 18.7 Å². The topological polar surface area (TPSA) is 58.6 Å². The molecular formula is C30H29FN2O3. The van der Waals surface area contributed by atoms with Gasteiger partial charge in [0.25, 0.3) is 11.8 Å². The summed E-state index contributed by atoms with van der Waals surface area (Å²) in [6.45, 7) is 2.27. The average Bonchev–Trinajstić information content (AvgIpc) is 2.89. The molecule has 2 aliphatic rings. The summed E-state index contributed by atoms with van der Waals surface area (Å²) in [5.74, 6) is 0.344.